The first-order valence-corrected chi connectivity index (χ1v) is 9.62. The molecule has 0 aliphatic carbocycles. The molecule has 4 nitrogen and oxygen atoms in total. The lowest BCUT2D eigenvalue weighted by molar-refractivity contribution is 0.174. The van der Waals surface area contributed by atoms with Gasteiger partial charge in [-0.2, -0.15) is 0 Å². The molecule has 0 radical (unpaired) electrons. The molecule has 3 rings (SSSR count). The predicted octanol–water partition coefficient (Wildman–Crippen LogP) is 4.89. The molecule has 0 fully saturated rings. The lowest BCUT2D eigenvalue weighted by Gasteiger charge is -2.16. The Balaban J connectivity index is 1.60. The van der Waals surface area contributed by atoms with Gasteiger partial charge in [-0.25, -0.2) is 4.39 Å². The summed E-state index contributed by atoms with van der Waals surface area (Å²) in [6.45, 7) is 1.17. The van der Waals surface area contributed by atoms with Gasteiger partial charge >= 0.3 is 0 Å². The summed E-state index contributed by atoms with van der Waals surface area (Å²) in [4.78, 5) is 0. The minimum Gasteiger partial charge on any atom is -0.493 e. The summed E-state index contributed by atoms with van der Waals surface area (Å²) in [6, 6.07) is 19.2. The lowest BCUT2D eigenvalue weighted by Crippen LogP contribution is -2.21. The summed E-state index contributed by atoms with van der Waals surface area (Å²) in [7, 11) is 1.55. The Bertz CT molecular complexity index is 919. The van der Waals surface area contributed by atoms with Crippen LogP contribution in [0, 0.1) is 5.82 Å². The van der Waals surface area contributed by atoms with Gasteiger partial charge in [-0.05, 0) is 41.0 Å². The Morgan fingerprint density at radius 1 is 1.03 bits per heavy atom. The number of methoxy groups -OCH3 is 1. The van der Waals surface area contributed by atoms with Crippen LogP contribution in [0.4, 0.5) is 4.39 Å². The quantitative estimate of drug-likeness (QED) is 0.522. The van der Waals surface area contributed by atoms with Crippen molar-refractivity contribution in [2.75, 3.05) is 13.7 Å². The van der Waals surface area contributed by atoms with Gasteiger partial charge in [0, 0.05) is 13.1 Å². The molecule has 0 spiro atoms. The van der Waals surface area contributed by atoms with Crippen molar-refractivity contribution < 1.29 is 19.0 Å². The molecule has 0 aliphatic rings. The second kappa shape index (κ2) is 10.3. The van der Waals surface area contributed by atoms with Crippen LogP contribution in [0.3, 0.4) is 0 Å². The van der Waals surface area contributed by atoms with E-state index in [1.54, 1.807) is 25.3 Å². The van der Waals surface area contributed by atoms with Crippen molar-refractivity contribution >= 4 is 11.6 Å². The van der Waals surface area contributed by atoms with Crippen molar-refractivity contribution in [2.24, 2.45) is 0 Å². The van der Waals surface area contributed by atoms with Crippen LogP contribution < -0.4 is 14.8 Å². The Kier molecular flexibility index (Phi) is 7.47. The second-order valence-corrected chi connectivity index (χ2v) is 6.99. The van der Waals surface area contributed by atoms with Crippen molar-refractivity contribution in [3.05, 3.63) is 94.3 Å². The first-order chi connectivity index (χ1) is 14.1. The number of benzene rings is 3. The maximum Gasteiger partial charge on any atom is 0.180 e. The number of aliphatic hydroxyl groups is 1. The van der Waals surface area contributed by atoms with Gasteiger partial charge in [0.15, 0.2) is 11.5 Å². The van der Waals surface area contributed by atoms with Crippen LogP contribution >= 0.6 is 11.6 Å². The molecule has 0 amide bonds. The van der Waals surface area contributed by atoms with Gasteiger partial charge in [-0.1, -0.05) is 54.1 Å². The summed E-state index contributed by atoms with van der Waals surface area (Å²) in [5.41, 5.74) is 2.59. The number of aliphatic hydroxyl groups excluding tert-OH is 1. The Morgan fingerprint density at radius 2 is 1.76 bits per heavy atom. The van der Waals surface area contributed by atoms with E-state index in [1.165, 1.54) is 12.1 Å². The molecule has 0 bridgehead atoms. The van der Waals surface area contributed by atoms with Crippen LogP contribution in [0.1, 0.15) is 22.8 Å². The van der Waals surface area contributed by atoms with Gasteiger partial charge in [0.25, 0.3) is 0 Å². The third kappa shape index (κ3) is 5.94. The zero-order valence-corrected chi connectivity index (χ0v) is 16.8. The predicted molar refractivity (Wildman–Crippen MR) is 112 cm³/mol. The van der Waals surface area contributed by atoms with E-state index in [9.17, 15) is 9.50 Å². The zero-order chi connectivity index (χ0) is 20.6. The first kappa shape index (κ1) is 21.1. The Morgan fingerprint density at radius 3 is 2.45 bits per heavy atom. The molecule has 3 aromatic carbocycles. The first-order valence-electron chi connectivity index (χ1n) is 9.24. The summed E-state index contributed by atoms with van der Waals surface area (Å²) >= 11 is 6.40. The van der Waals surface area contributed by atoms with Crippen LogP contribution in [-0.4, -0.2) is 18.8 Å². The van der Waals surface area contributed by atoms with Gasteiger partial charge in [0.1, 0.15) is 12.4 Å². The SMILES string of the molecule is COc1cc(CNC[C@H](O)c2ccccc2)cc(Cl)c1OCc1ccc(F)cc1. The molecule has 6 heteroatoms. The van der Waals surface area contributed by atoms with E-state index >= 15 is 0 Å². The van der Waals surface area contributed by atoms with Crippen LogP contribution in [0.2, 0.25) is 5.02 Å². The summed E-state index contributed by atoms with van der Waals surface area (Å²) in [5, 5.41) is 13.9. The maximum atomic E-state index is 13.0. The minimum absolute atomic E-state index is 0.247. The molecule has 0 aromatic heterocycles. The van der Waals surface area contributed by atoms with E-state index in [2.05, 4.69) is 5.32 Å². The minimum atomic E-state index is -0.591. The van der Waals surface area contributed by atoms with Crippen LogP contribution in [-0.2, 0) is 13.2 Å². The fraction of sp³-hybridized carbons (Fsp3) is 0.217. The molecule has 1 atom stereocenters. The summed E-state index contributed by atoms with van der Waals surface area (Å²) in [5.74, 6) is 0.658. The number of nitrogens with one attached hydrogen (secondary N) is 1. The topological polar surface area (TPSA) is 50.7 Å². The van der Waals surface area contributed by atoms with Crippen molar-refractivity contribution in [2.45, 2.75) is 19.3 Å². The van der Waals surface area contributed by atoms with E-state index < -0.39 is 6.10 Å². The Labute approximate surface area is 174 Å². The van der Waals surface area contributed by atoms with Gasteiger partial charge in [0.2, 0.25) is 0 Å². The van der Waals surface area contributed by atoms with E-state index in [-0.39, 0.29) is 12.4 Å². The number of hydrogen-bond acceptors (Lipinski definition) is 4. The molecule has 0 unspecified atom stereocenters. The second-order valence-electron chi connectivity index (χ2n) is 6.58. The van der Waals surface area contributed by atoms with Gasteiger partial charge < -0.3 is 19.9 Å². The highest BCUT2D eigenvalue weighted by atomic mass is 35.5. The van der Waals surface area contributed by atoms with Gasteiger partial charge in [0.05, 0.1) is 18.2 Å². The number of ether oxygens (including phenoxy) is 2. The summed E-state index contributed by atoms with van der Waals surface area (Å²) < 4.78 is 24.2. The van der Waals surface area contributed by atoms with E-state index in [1.807, 2.05) is 36.4 Å². The highest BCUT2D eigenvalue weighted by Gasteiger charge is 2.13. The molecule has 0 aliphatic heterocycles. The number of rotatable bonds is 9. The highest BCUT2D eigenvalue weighted by Crippen LogP contribution is 2.37. The normalized spacial score (nSPS) is 11.9. The lowest BCUT2D eigenvalue weighted by atomic mass is 10.1. The average molecular weight is 416 g/mol. The molecule has 3 aromatic rings. The van der Waals surface area contributed by atoms with Crippen LogP contribution in [0.5, 0.6) is 11.5 Å². The molecule has 0 saturated carbocycles. The van der Waals surface area contributed by atoms with Gasteiger partial charge in [-0.15, -0.1) is 0 Å². The molecule has 152 valence electrons. The van der Waals surface area contributed by atoms with Gasteiger partial charge in [-0.3, -0.25) is 0 Å². The molecule has 29 heavy (non-hydrogen) atoms. The third-order valence-electron chi connectivity index (χ3n) is 4.44. The number of hydrogen-bond donors (Lipinski definition) is 2. The standard InChI is InChI=1S/C23H23ClFNO3/c1-28-22-12-17(13-26-14-21(27)18-5-3-2-4-6-18)11-20(24)23(22)29-15-16-7-9-19(25)10-8-16/h2-12,21,26-27H,13-15H2,1H3/t21-/m0/s1. The molecule has 0 heterocycles. The van der Waals surface area contributed by atoms with Crippen LogP contribution in [0.25, 0.3) is 0 Å². The zero-order valence-electron chi connectivity index (χ0n) is 16.1. The highest BCUT2D eigenvalue weighted by molar-refractivity contribution is 6.32. The maximum absolute atomic E-state index is 13.0. The summed E-state index contributed by atoms with van der Waals surface area (Å²) in [6.07, 6.45) is -0.591. The van der Waals surface area contributed by atoms with E-state index in [0.717, 1.165) is 16.7 Å². The van der Waals surface area contributed by atoms with Crippen molar-refractivity contribution in [1.29, 1.82) is 0 Å². The largest absolute Gasteiger partial charge is 0.493 e. The van der Waals surface area contributed by atoms with Crippen molar-refractivity contribution in [3.63, 3.8) is 0 Å². The number of halogens is 2. The molecule has 2 N–H and O–H groups in total. The molecular weight excluding hydrogens is 393 g/mol. The smallest absolute Gasteiger partial charge is 0.180 e. The fourth-order valence-corrected chi connectivity index (χ4v) is 3.19. The Hall–Kier alpha value is -2.60. The monoisotopic (exact) mass is 415 g/mol. The van der Waals surface area contributed by atoms with Crippen molar-refractivity contribution in [3.8, 4) is 11.5 Å². The fourth-order valence-electron chi connectivity index (χ4n) is 2.90. The van der Waals surface area contributed by atoms with E-state index in [0.29, 0.717) is 29.6 Å². The molecule has 0 saturated heterocycles. The molecular formula is C23H23ClFNO3. The average Bonchev–Trinajstić information content (AvgIpc) is 2.74. The van der Waals surface area contributed by atoms with Crippen LogP contribution in [0.15, 0.2) is 66.7 Å². The third-order valence-corrected chi connectivity index (χ3v) is 4.72. The van der Waals surface area contributed by atoms with Crippen molar-refractivity contribution in [1.82, 2.24) is 5.32 Å². The van der Waals surface area contributed by atoms with E-state index in [4.69, 9.17) is 21.1 Å².